The van der Waals surface area contributed by atoms with Gasteiger partial charge in [0, 0.05) is 6.61 Å². The van der Waals surface area contributed by atoms with Gasteiger partial charge in [-0.15, -0.1) is 0 Å². The van der Waals surface area contributed by atoms with E-state index in [2.05, 4.69) is 20.8 Å². The molecule has 4 fully saturated rings. The topological polar surface area (TPSA) is 60.7 Å². The van der Waals surface area contributed by atoms with Crippen LogP contribution in [0.15, 0.2) is 0 Å². The fraction of sp³-hybridized carbons (Fsp3) is 1.00. The molecule has 3 N–H and O–H groups in total. The Labute approximate surface area is 159 Å². The normalized spacial score (nSPS) is 54.9. The van der Waals surface area contributed by atoms with E-state index in [4.69, 9.17) is 0 Å². The predicted octanol–water partition coefficient (Wildman–Crippen LogP) is 4.00. The predicted molar refractivity (Wildman–Crippen MR) is 103 cm³/mol. The van der Waals surface area contributed by atoms with Gasteiger partial charge in [0.25, 0.3) is 0 Å². The Bertz CT molecular complexity index is 522. The third-order valence-corrected chi connectivity index (χ3v) is 10.0. The van der Waals surface area contributed by atoms with Gasteiger partial charge in [-0.1, -0.05) is 20.8 Å². The minimum atomic E-state index is -0.181. The van der Waals surface area contributed by atoms with Crippen LogP contribution in [0.25, 0.3) is 0 Å². The highest BCUT2D eigenvalue weighted by atomic mass is 16.3. The Hall–Kier alpha value is -0.120. The van der Waals surface area contributed by atoms with Gasteiger partial charge >= 0.3 is 0 Å². The Balaban J connectivity index is 1.61. The third-order valence-electron chi connectivity index (χ3n) is 10.0. The van der Waals surface area contributed by atoms with Gasteiger partial charge in [0.2, 0.25) is 0 Å². The van der Waals surface area contributed by atoms with Crippen LogP contribution in [0.5, 0.6) is 0 Å². The molecule has 0 bridgehead atoms. The standard InChI is InChI=1S/C23H40O3/c1-14(8-11-24)17-4-5-18-21-19(7-10-23(17,18)3)22(2)9-6-16(25)12-15(22)13-20(21)26/h14-21,24-26H,4-13H2,1-3H3/t14-,15+,16-,17-,18?,19?,20+,21?,22+,23-/m1/s1. The molecule has 0 aromatic heterocycles. The van der Waals surface area contributed by atoms with Crippen molar-refractivity contribution in [2.24, 2.45) is 46.3 Å². The van der Waals surface area contributed by atoms with Crippen molar-refractivity contribution in [2.75, 3.05) is 6.61 Å². The molecule has 150 valence electrons. The van der Waals surface area contributed by atoms with E-state index in [0.29, 0.717) is 52.9 Å². The van der Waals surface area contributed by atoms with E-state index in [1.807, 2.05) is 0 Å². The molecular formula is C23H40O3. The molecule has 0 saturated heterocycles. The number of aliphatic hydroxyl groups excluding tert-OH is 3. The third kappa shape index (κ3) is 2.71. The van der Waals surface area contributed by atoms with E-state index in [-0.39, 0.29) is 12.2 Å². The van der Waals surface area contributed by atoms with E-state index in [1.165, 1.54) is 25.7 Å². The highest BCUT2D eigenvalue weighted by molar-refractivity contribution is 5.11. The van der Waals surface area contributed by atoms with Crippen LogP contribution in [0.3, 0.4) is 0 Å². The lowest BCUT2D eigenvalue weighted by Crippen LogP contribution is -2.58. The van der Waals surface area contributed by atoms with E-state index in [1.54, 1.807) is 0 Å². The molecule has 0 radical (unpaired) electrons. The van der Waals surface area contributed by atoms with Crippen LogP contribution in [-0.4, -0.2) is 34.1 Å². The van der Waals surface area contributed by atoms with Gasteiger partial charge in [-0.05, 0) is 104 Å². The van der Waals surface area contributed by atoms with E-state index < -0.39 is 0 Å². The van der Waals surface area contributed by atoms with Crippen molar-refractivity contribution in [1.82, 2.24) is 0 Å². The number of hydrogen-bond donors (Lipinski definition) is 3. The lowest BCUT2D eigenvalue weighted by molar-refractivity contribution is -0.174. The second kappa shape index (κ2) is 6.74. The van der Waals surface area contributed by atoms with Gasteiger partial charge in [0.05, 0.1) is 12.2 Å². The molecule has 4 aliphatic carbocycles. The van der Waals surface area contributed by atoms with Crippen molar-refractivity contribution in [1.29, 1.82) is 0 Å². The van der Waals surface area contributed by atoms with Crippen LogP contribution in [-0.2, 0) is 0 Å². The van der Waals surface area contributed by atoms with E-state index >= 15 is 0 Å². The first-order chi connectivity index (χ1) is 12.3. The summed E-state index contributed by atoms with van der Waals surface area (Å²) in [7, 11) is 0. The summed E-state index contributed by atoms with van der Waals surface area (Å²) < 4.78 is 0. The second-order valence-electron chi connectivity index (χ2n) is 10.9. The van der Waals surface area contributed by atoms with Crippen molar-refractivity contribution < 1.29 is 15.3 Å². The van der Waals surface area contributed by atoms with Crippen LogP contribution in [0.1, 0.15) is 78.6 Å². The number of fused-ring (bicyclic) bond motifs is 5. The summed E-state index contributed by atoms with van der Waals surface area (Å²) in [6.07, 6.45) is 9.55. The van der Waals surface area contributed by atoms with Gasteiger partial charge in [-0.25, -0.2) is 0 Å². The molecule has 0 heterocycles. The summed E-state index contributed by atoms with van der Waals surface area (Å²) in [6.45, 7) is 7.62. The zero-order valence-corrected chi connectivity index (χ0v) is 17.0. The van der Waals surface area contributed by atoms with E-state index in [9.17, 15) is 15.3 Å². The van der Waals surface area contributed by atoms with Crippen LogP contribution < -0.4 is 0 Å². The average molecular weight is 365 g/mol. The fourth-order valence-electron chi connectivity index (χ4n) is 8.58. The smallest absolute Gasteiger partial charge is 0.0577 e. The molecule has 3 unspecified atom stereocenters. The Kier molecular flexibility index (Phi) is 4.98. The zero-order valence-electron chi connectivity index (χ0n) is 17.0. The van der Waals surface area contributed by atoms with Gasteiger partial charge < -0.3 is 15.3 Å². The van der Waals surface area contributed by atoms with E-state index in [0.717, 1.165) is 32.1 Å². The van der Waals surface area contributed by atoms with Crippen molar-refractivity contribution in [3.05, 3.63) is 0 Å². The Morgan fingerprint density at radius 2 is 1.62 bits per heavy atom. The second-order valence-corrected chi connectivity index (χ2v) is 10.9. The van der Waals surface area contributed by atoms with Crippen molar-refractivity contribution in [3.63, 3.8) is 0 Å². The van der Waals surface area contributed by atoms with Crippen molar-refractivity contribution in [3.8, 4) is 0 Å². The highest BCUT2D eigenvalue weighted by Crippen LogP contribution is 2.68. The van der Waals surface area contributed by atoms with Crippen LogP contribution in [0, 0.1) is 46.3 Å². The molecule has 0 spiro atoms. The largest absolute Gasteiger partial charge is 0.396 e. The monoisotopic (exact) mass is 364 g/mol. The summed E-state index contributed by atoms with van der Waals surface area (Å²) >= 11 is 0. The zero-order chi connectivity index (χ0) is 18.7. The quantitative estimate of drug-likeness (QED) is 0.709. The summed E-state index contributed by atoms with van der Waals surface area (Å²) in [6, 6.07) is 0. The molecule has 0 aromatic rings. The molecule has 26 heavy (non-hydrogen) atoms. The summed E-state index contributed by atoms with van der Waals surface area (Å²) in [5, 5.41) is 30.8. The Morgan fingerprint density at radius 1 is 0.923 bits per heavy atom. The Morgan fingerprint density at radius 3 is 2.35 bits per heavy atom. The fourth-order valence-corrected chi connectivity index (χ4v) is 8.58. The van der Waals surface area contributed by atoms with Gasteiger partial charge in [-0.3, -0.25) is 0 Å². The van der Waals surface area contributed by atoms with Crippen LogP contribution >= 0.6 is 0 Å². The van der Waals surface area contributed by atoms with Crippen LogP contribution in [0.2, 0.25) is 0 Å². The summed E-state index contributed by atoms with van der Waals surface area (Å²) in [5.41, 5.74) is 0.660. The minimum Gasteiger partial charge on any atom is -0.396 e. The first-order valence-electron chi connectivity index (χ1n) is 11.3. The average Bonchev–Trinajstić information content (AvgIpc) is 2.94. The molecule has 4 rings (SSSR count). The first-order valence-corrected chi connectivity index (χ1v) is 11.3. The lowest BCUT2D eigenvalue weighted by atomic mass is 9.43. The maximum Gasteiger partial charge on any atom is 0.0577 e. The lowest BCUT2D eigenvalue weighted by Gasteiger charge is -2.62. The molecule has 4 aliphatic rings. The molecular weight excluding hydrogens is 324 g/mol. The maximum absolute atomic E-state index is 11.2. The number of aliphatic hydroxyl groups is 3. The molecule has 4 saturated carbocycles. The first kappa shape index (κ1) is 19.2. The van der Waals surface area contributed by atoms with Gasteiger partial charge in [0.1, 0.15) is 0 Å². The van der Waals surface area contributed by atoms with Gasteiger partial charge in [0.15, 0.2) is 0 Å². The van der Waals surface area contributed by atoms with Crippen LogP contribution in [0.4, 0.5) is 0 Å². The molecule has 0 aromatic carbocycles. The van der Waals surface area contributed by atoms with Gasteiger partial charge in [-0.2, -0.15) is 0 Å². The molecule has 3 heteroatoms. The molecule has 3 nitrogen and oxygen atoms in total. The maximum atomic E-state index is 11.2. The summed E-state index contributed by atoms with van der Waals surface area (Å²) in [4.78, 5) is 0. The molecule has 0 aliphatic heterocycles. The number of hydrogen-bond acceptors (Lipinski definition) is 3. The number of rotatable bonds is 3. The summed E-state index contributed by atoms with van der Waals surface area (Å²) in [5.74, 6) is 3.52. The van der Waals surface area contributed by atoms with Crippen molar-refractivity contribution in [2.45, 2.75) is 90.8 Å². The molecule has 10 atom stereocenters. The highest BCUT2D eigenvalue weighted by Gasteiger charge is 2.62. The van der Waals surface area contributed by atoms with Crippen molar-refractivity contribution >= 4 is 0 Å². The minimum absolute atomic E-state index is 0.152. The molecule has 0 amide bonds. The SMILES string of the molecule is C[C@H](CCO)[C@H]1CCC2C3C(CC[C@@]21C)[C@@]1(C)CC[C@@H](O)C[C@H]1C[C@@H]3O.